The molecule has 4 nitrogen and oxygen atoms in total. The van der Waals surface area contributed by atoms with Crippen LogP contribution < -0.4 is 5.32 Å². The Bertz CT molecular complexity index is 946. The molecule has 0 bridgehead atoms. The number of nitrogens with zero attached hydrogens (tertiary/aromatic N) is 2. The van der Waals surface area contributed by atoms with Gasteiger partial charge in [-0.2, -0.15) is 10.2 Å². The Morgan fingerprint density at radius 2 is 1.39 bits per heavy atom. The predicted molar refractivity (Wildman–Crippen MR) is 114 cm³/mol. The maximum Gasteiger partial charge on any atom is 0.187 e. The van der Waals surface area contributed by atoms with Crippen molar-refractivity contribution in [1.82, 2.24) is 0 Å². The second-order valence-corrected chi connectivity index (χ2v) is 6.36. The number of rotatable bonds is 8. The summed E-state index contributed by atoms with van der Waals surface area (Å²) in [5, 5.41) is 11.8. The zero-order valence-corrected chi connectivity index (χ0v) is 15.9. The summed E-state index contributed by atoms with van der Waals surface area (Å²) >= 11 is 0. The number of hydrogen-bond donors (Lipinski definition) is 1. The maximum absolute atomic E-state index is 12.5. The van der Waals surface area contributed by atoms with Gasteiger partial charge in [-0.15, -0.1) is 0 Å². The first-order valence-corrected chi connectivity index (χ1v) is 9.38. The average Bonchev–Trinajstić information content (AvgIpc) is 2.75. The Balaban J connectivity index is 1.69. The Hall–Kier alpha value is -3.53. The van der Waals surface area contributed by atoms with E-state index in [4.69, 9.17) is 0 Å². The number of allylic oxidation sites excluding steroid dienone is 2. The first kappa shape index (κ1) is 19.2. The van der Waals surface area contributed by atoms with Crippen LogP contribution in [0, 0.1) is 0 Å². The van der Waals surface area contributed by atoms with Crippen LogP contribution in [0.2, 0.25) is 0 Å². The molecule has 0 aromatic heterocycles. The normalized spacial score (nSPS) is 11.5. The molecule has 0 aliphatic rings. The minimum absolute atomic E-state index is 0.00447. The summed E-state index contributed by atoms with van der Waals surface area (Å²) in [6.07, 6.45) is 3.43. The van der Waals surface area contributed by atoms with Crippen LogP contribution in [-0.2, 0) is 0 Å². The van der Waals surface area contributed by atoms with Gasteiger partial charge in [-0.1, -0.05) is 61.9 Å². The SMILES string of the molecule is CCC/C(=C/C(=O)c1ccccc1)Nc1ccc(N=Nc2ccccc2)cc1. The smallest absolute Gasteiger partial charge is 0.187 e. The van der Waals surface area contributed by atoms with Gasteiger partial charge in [0.1, 0.15) is 0 Å². The number of ketones is 1. The van der Waals surface area contributed by atoms with Crippen LogP contribution in [0.4, 0.5) is 17.1 Å². The van der Waals surface area contributed by atoms with E-state index in [1.807, 2.05) is 84.9 Å². The zero-order valence-electron chi connectivity index (χ0n) is 15.9. The van der Waals surface area contributed by atoms with E-state index in [9.17, 15) is 4.79 Å². The molecule has 1 N–H and O–H groups in total. The van der Waals surface area contributed by atoms with Gasteiger partial charge in [0.05, 0.1) is 11.4 Å². The molecule has 0 saturated carbocycles. The molecule has 140 valence electrons. The van der Waals surface area contributed by atoms with E-state index in [2.05, 4.69) is 22.5 Å². The first-order valence-electron chi connectivity index (χ1n) is 9.38. The Morgan fingerprint density at radius 3 is 2.00 bits per heavy atom. The lowest BCUT2D eigenvalue weighted by Gasteiger charge is -2.10. The van der Waals surface area contributed by atoms with E-state index >= 15 is 0 Å². The quantitative estimate of drug-likeness (QED) is 0.262. The van der Waals surface area contributed by atoms with E-state index in [-0.39, 0.29) is 5.78 Å². The molecule has 0 radical (unpaired) electrons. The molecule has 0 atom stereocenters. The van der Waals surface area contributed by atoms with Crippen LogP contribution in [0.25, 0.3) is 0 Å². The summed E-state index contributed by atoms with van der Waals surface area (Å²) in [4.78, 5) is 12.5. The lowest BCUT2D eigenvalue weighted by atomic mass is 10.1. The van der Waals surface area contributed by atoms with Gasteiger partial charge in [0, 0.05) is 23.0 Å². The Labute approximate surface area is 165 Å². The Morgan fingerprint density at radius 1 is 0.821 bits per heavy atom. The molecule has 0 amide bonds. The molecule has 4 heteroatoms. The first-order chi connectivity index (χ1) is 13.7. The number of anilines is 1. The summed E-state index contributed by atoms with van der Waals surface area (Å²) in [5.41, 5.74) is 4.09. The van der Waals surface area contributed by atoms with Crippen LogP contribution in [-0.4, -0.2) is 5.78 Å². The van der Waals surface area contributed by atoms with Crippen molar-refractivity contribution in [2.75, 3.05) is 5.32 Å². The van der Waals surface area contributed by atoms with Gasteiger partial charge in [0.25, 0.3) is 0 Å². The second-order valence-electron chi connectivity index (χ2n) is 6.36. The Kier molecular flexibility index (Phi) is 6.85. The summed E-state index contributed by atoms with van der Waals surface area (Å²) in [6, 6.07) is 26.6. The fourth-order valence-corrected chi connectivity index (χ4v) is 2.69. The lowest BCUT2D eigenvalue weighted by Crippen LogP contribution is -2.04. The molecular weight excluding hydrogens is 346 g/mol. The molecule has 0 aliphatic heterocycles. The molecule has 0 aliphatic carbocycles. The van der Waals surface area contributed by atoms with Crippen molar-refractivity contribution < 1.29 is 4.79 Å². The molecule has 0 spiro atoms. The minimum Gasteiger partial charge on any atom is -0.359 e. The highest BCUT2D eigenvalue weighted by atomic mass is 16.1. The van der Waals surface area contributed by atoms with Gasteiger partial charge in [-0.3, -0.25) is 4.79 Å². The third kappa shape index (κ3) is 5.74. The summed E-state index contributed by atoms with van der Waals surface area (Å²) in [7, 11) is 0. The van der Waals surface area contributed by atoms with Crippen molar-refractivity contribution in [3.8, 4) is 0 Å². The van der Waals surface area contributed by atoms with Gasteiger partial charge < -0.3 is 5.32 Å². The topological polar surface area (TPSA) is 53.8 Å². The second kappa shape index (κ2) is 9.97. The van der Waals surface area contributed by atoms with E-state index in [1.54, 1.807) is 6.08 Å². The van der Waals surface area contributed by atoms with Crippen LogP contribution >= 0.6 is 0 Å². The standard InChI is InChI=1S/C24H23N3O/c1-2-9-23(18-24(28)19-10-5-3-6-11-19)25-20-14-16-22(17-15-20)27-26-21-12-7-4-8-13-21/h3-8,10-18,25H,2,9H2,1H3/b23-18-,27-26?. The highest BCUT2D eigenvalue weighted by Crippen LogP contribution is 2.21. The number of carbonyl (C=O) groups is 1. The number of carbonyl (C=O) groups excluding carboxylic acids is 1. The summed E-state index contributed by atoms with van der Waals surface area (Å²) < 4.78 is 0. The van der Waals surface area contributed by atoms with Crippen LogP contribution in [0.5, 0.6) is 0 Å². The van der Waals surface area contributed by atoms with E-state index in [1.165, 1.54) is 0 Å². The fraction of sp³-hybridized carbons (Fsp3) is 0.125. The third-order valence-electron chi connectivity index (χ3n) is 4.09. The van der Waals surface area contributed by atoms with Gasteiger partial charge >= 0.3 is 0 Å². The van der Waals surface area contributed by atoms with Gasteiger partial charge in [0.15, 0.2) is 5.78 Å². The number of hydrogen-bond acceptors (Lipinski definition) is 4. The number of azo groups is 1. The monoisotopic (exact) mass is 369 g/mol. The largest absolute Gasteiger partial charge is 0.359 e. The zero-order chi connectivity index (χ0) is 19.6. The molecule has 0 heterocycles. The molecule has 0 fully saturated rings. The van der Waals surface area contributed by atoms with Crippen LogP contribution in [0.1, 0.15) is 30.1 Å². The van der Waals surface area contributed by atoms with Gasteiger partial charge in [0.2, 0.25) is 0 Å². The molecular formula is C24H23N3O. The molecule has 0 saturated heterocycles. The number of nitrogens with one attached hydrogen (secondary N) is 1. The third-order valence-corrected chi connectivity index (χ3v) is 4.09. The molecule has 0 unspecified atom stereocenters. The van der Waals surface area contributed by atoms with Crippen LogP contribution in [0.15, 0.2) is 107 Å². The predicted octanol–water partition coefficient (Wildman–Crippen LogP) is 7.08. The fourth-order valence-electron chi connectivity index (χ4n) is 2.69. The summed E-state index contributed by atoms with van der Waals surface area (Å²) in [6.45, 7) is 2.09. The molecule has 3 aromatic carbocycles. The summed E-state index contributed by atoms with van der Waals surface area (Å²) in [5.74, 6) is 0.00447. The van der Waals surface area contributed by atoms with E-state index in [0.29, 0.717) is 5.56 Å². The van der Waals surface area contributed by atoms with Crippen molar-refractivity contribution in [2.45, 2.75) is 19.8 Å². The van der Waals surface area contributed by atoms with Crippen molar-refractivity contribution in [3.05, 3.63) is 102 Å². The highest BCUT2D eigenvalue weighted by Gasteiger charge is 2.05. The van der Waals surface area contributed by atoms with E-state index < -0.39 is 0 Å². The van der Waals surface area contributed by atoms with Crippen LogP contribution in [0.3, 0.4) is 0 Å². The molecule has 3 rings (SSSR count). The lowest BCUT2D eigenvalue weighted by molar-refractivity contribution is 0.104. The van der Waals surface area contributed by atoms with Crippen molar-refractivity contribution >= 4 is 22.8 Å². The number of benzene rings is 3. The molecule has 3 aromatic rings. The van der Waals surface area contributed by atoms with Crippen molar-refractivity contribution in [2.24, 2.45) is 10.2 Å². The van der Waals surface area contributed by atoms with Gasteiger partial charge in [-0.05, 0) is 42.8 Å². The average molecular weight is 369 g/mol. The minimum atomic E-state index is 0.00447. The highest BCUT2D eigenvalue weighted by molar-refractivity contribution is 6.05. The van der Waals surface area contributed by atoms with Crippen molar-refractivity contribution in [1.29, 1.82) is 0 Å². The molecule has 28 heavy (non-hydrogen) atoms. The van der Waals surface area contributed by atoms with Crippen molar-refractivity contribution in [3.63, 3.8) is 0 Å². The maximum atomic E-state index is 12.5. The van der Waals surface area contributed by atoms with E-state index in [0.717, 1.165) is 35.6 Å². The van der Waals surface area contributed by atoms with Gasteiger partial charge in [-0.25, -0.2) is 0 Å².